The molecule has 1 saturated heterocycles. The summed E-state index contributed by atoms with van der Waals surface area (Å²) in [5.41, 5.74) is 7.43. The minimum atomic E-state index is -0.0457. The highest BCUT2D eigenvalue weighted by atomic mass is 16.1. The van der Waals surface area contributed by atoms with Gasteiger partial charge in [-0.1, -0.05) is 19.1 Å². The average Bonchev–Trinajstić information content (AvgIpc) is 2.61. The van der Waals surface area contributed by atoms with Gasteiger partial charge in [0, 0.05) is 18.7 Å². The number of likely N-dealkylation sites (tertiary alicyclic amines) is 1. The second kappa shape index (κ2) is 4.03. The molecule has 1 heterocycles. The van der Waals surface area contributed by atoms with Crippen LogP contribution in [0.3, 0.4) is 0 Å². The van der Waals surface area contributed by atoms with Crippen LogP contribution in [0.5, 0.6) is 0 Å². The molecule has 0 spiro atoms. The maximum Gasteiger partial charge on any atom is 0.155 e. The first kappa shape index (κ1) is 10.2. The Balaban J connectivity index is 2.28. The number of carbonyl (C=O) groups excluding carboxylic acids is 1. The summed E-state index contributed by atoms with van der Waals surface area (Å²) in [5, 5.41) is 0. The number of likely N-dealkylation sites (N-methyl/N-ethyl adjacent to an activating group) is 1. The molecule has 0 aromatic heterocycles. The number of hydrogen-bond donors (Lipinski definition) is 1. The van der Waals surface area contributed by atoms with Gasteiger partial charge in [-0.05, 0) is 24.2 Å². The van der Waals surface area contributed by atoms with Gasteiger partial charge in [-0.2, -0.15) is 0 Å². The van der Waals surface area contributed by atoms with Gasteiger partial charge in [0.15, 0.2) is 5.78 Å². The molecular weight excluding hydrogens is 188 g/mol. The van der Waals surface area contributed by atoms with Crippen LogP contribution < -0.4 is 5.73 Å². The van der Waals surface area contributed by atoms with Crippen LogP contribution in [-0.2, 0) is 4.79 Å². The van der Waals surface area contributed by atoms with Gasteiger partial charge in [0.25, 0.3) is 0 Å². The third-order valence-electron chi connectivity index (χ3n) is 2.97. The van der Waals surface area contributed by atoms with Crippen molar-refractivity contribution >= 4 is 11.5 Å². The van der Waals surface area contributed by atoms with Crippen molar-refractivity contribution in [1.82, 2.24) is 4.90 Å². The Morgan fingerprint density at radius 2 is 2.07 bits per heavy atom. The van der Waals surface area contributed by atoms with Crippen LogP contribution in [0, 0.1) is 0 Å². The molecule has 0 aliphatic carbocycles. The Hall–Kier alpha value is -1.35. The largest absolute Gasteiger partial charge is 0.399 e. The van der Waals surface area contributed by atoms with E-state index in [1.165, 1.54) is 0 Å². The van der Waals surface area contributed by atoms with Crippen molar-refractivity contribution in [3.8, 4) is 0 Å². The van der Waals surface area contributed by atoms with Crippen molar-refractivity contribution < 1.29 is 4.79 Å². The first-order valence-electron chi connectivity index (χ1n) is 5.34. The van der Waals surface area contributed by atoms with E-state index in [-0.39, 0.29) is 6.04 Å². The zero-order chi connectivity index (χ0) is 10.8. The summed E-state index contributed by atoms with van der Waals surface area (Å²) < 4.78 is 0. The van der Waals surface area contributed by atoms with Crippen molar-refractivity contribution in [3.05, 3.63) is 29.8 Å². The van der Waals surface area contributed by atoms with Gasteiger partial charge in [0.05, 0.1) is 6.04 Å². The van der Waals surface area contributed by atoms with Gasteiger partial charge < -0.3 is 5.73 Å². The fraction of sp³-hybridized carbons (Fsp3) is 0.417. The summed E-state index contributed by atoms with van der Waals surface area (Å²) >= 11 is 0. The molecule has 0 amide bonds. The fourth-order valence-corrected chi connectivity index (χ4v) is 2.14. The summed E-state index contributed by atoms with van der Waals surface area (Å²) in [7, 11) is 0. The fourth-order valence-electron chi connectivity index (χ4n) is 2.14. The molecule has 1 fully saturated rings. The van der Waals surface area contributed by atoms with Gasteiger partial charge in [-0.3, -0.25) is 9.69 Å². The van der Waals surface area contributed by atoms with Crippen molar-refractivity contribution in [3.63, 3.8) is 0 Å². The van der Waals surface area contributed by atoms with Gasteiger partial charge >= 0.3 is 0 Å². The Labute approximate surface area is 89.9 Å². The lowest BCUT2D eigenvalue weighted by atomic mass is 10.0. The van der Waals surface area contributed by atoms with Crippen LogP contribution in [0.15, 0.2) is 24.3 Å². The van der Waals surface area contributed by atoms with Crippen molar-refractivity contribution in [1.29, 1.82) is 0 Å². The van der Waals surface area contributed by atoms with E-state index in [4.69, 9.17) is 5.73 Å². The molecular formula is C12H16N2O. The van der Waals surface area contributed by atoms with E-state index >= 15 is 0 Å². The molecule has 2 N–H and O–H groups in total. The summed E-state index contributed by atoms with van der Waals surface area (Å²) in [6.07, 6.45) is 0.670. The number of ketones is 1. The zero-order valence-electron chi connectivity index (χ0n) is 8.94. The maximum atomic E-state index is 11.8. The number of nitrogens with two attached hydrogens (primary N) is 1. The molecule has 2 rings (SSSR count). The normalized spacial score (nSPS) is 22.2. The molecule has 1 unspecified atom stereocenters. The standard InChI is InChI=1S/C12H16N2O/c1-2-14-8-7-11(15)12(14)9-3-5-10(13)6-4-9/h3-6,12H,2,7-8,13H2,1H3. The first-order valence-corrected chi connectivity index (χ1v) is 5.34. The summed E-state index contributed by atoms with van der Waals surface area (Å²) in [4.78, 5) is 14.0. The molecule has 0 bridgehead atoms. The Morgan fingerprint density at radius 1 is 1.40 bits per heavy atom. The topological polar surface area (TPSA) is 46.3 Å². The van der Waals surface area contributed by atoms with Crippen LogP contribution in [-0.4, -0.2) is 23.8 Å². The van der Waals surface area contributed by atoms with E-state index in [0.29, 0.717) is 12.2 Å². The highest BCUT2D eigenvalue weighted by molar-refractivity contribution is 5.87. The monoisotopic (exact) mass is 204 g/mol. The van der Waals surface area contributed by atoms with Gasteiger partial charge in [0.1, 0.15) is 0 Å². The van der Waals surface area contributed by atoms with Gasteiger partial charge in [-0.15, -0.1) is 0 Å². The number of nitrogen functional groups attached to an aromatic ring is 1. The lowest BCUT2D eigenvalue weighted by molar-refractivity contribution is -0.120. The lowest BCUT2D eigenvalue weighted by Crippen LogP contribution is -2.25. The predicted octanol–water partition coefficient (Wildman–Crippen LogP) is 1.60. The molecule has 1 atom stereocenters. The van der Waals surface area contributed by atoms with E-state index < -0.39 is 0 Å². The minimum absolute atomic E-state index is 0.0457. The Kier molecular flexibility index (Phi) is 2.73. The molecule has 1 aliphatic heterocycles. The van der Waals surface area contributed by atoms with E-state index in [1.807, 2.05) is 24.3 Å². The summed E-state index contributed by atoms with van der Waals surface area (Å²) in [6, 6.07) is 7.57. The molecule has 3 nitrogen and oxygen atoms in total. The number of Topliss-reactive ketones (excluding diaryl/α,β-unsaturated/α-hetero) is 1. The van der Waals surface area contributed by atoms with Gasteiger partial charge in [-0.25, -0.2) is 0 Å². The molecule has 15 heavy (non-hydrogen) atoms. The number of carbonyl (C=O) groups is 1. The Morgan fingerprint density at radius 3 is 2.67 bits per heavy atom. The third kappa shape index (κ3) is 1.88. The molecule has 0 radical (unpaired) electrons. The highest BCUT2D eigenvalue weighted by Gasteiger charge is 2.32. The maximum absolute atomic E-state index is 11.8. The predicted molar refractivity (Wildman–Crippen MR) is 60.5 cm³/mol. The molecule has 80 valence electrons. The van der Waals surface area contributed by atoms with Crippen LogP contribution in [0.2, 0.25) is 0 Å². The SMILES string of the molecule is CCN1CCC(=O)C1c1ccc(N)cc1. The van der Waals surface area contributed by atoms with Crippen LogP contribution in [0.25, 0.3) is 0 Å². The van der Waals surface area contributed by atoms with E-state index in [0.717, 1.165) is 24.3 Å². The lowest BCUT2D eigenvalue weighted by Gasteiger charge is -2.21. The second-order valence-electron chi connectivity index (χ2n) is 3.91. The van der Waals surface area contributed by atoms with Crippen LogP contribution >= 0.6 is 0 Å². The average molecular weight is 204 g/mol. The minimum Gasteiger partial charge on any atom is -0.399 e. The molecule has 1 aromatic rings. The quantitative estimate of drug-likeness (QED) is 0.744. The van der Waals surface area contributed by atoms with Crippen LogP contribution in [0.4, 0.5) is 5.69 Å². The van der Waals surface area contributed by atoms with E-state index in [9.17, 15) is 4.79 Å². The van der Waals surface area contributed by atoms with Crippen LogP contribution in [0.1, 0.15) is 24.9 Å². The van der Waals surface area contributed by atoms with E-state index in [2.05, 4.69) is 11.8 Å². The zero-order valence-corrected chi connectivity index (χ0v) is 8.94. The first-order chi connectivity index (χ1) is 7.22. The van der Waals surface area contributed by atoms with Crippen molar-refractivity contribution in [2.24, 2.45) is 0 Å². The van der Waals surface area contributed by atoms with E-state index in [1.54, 1.807) is 0 Å². The van der Waals surface area contributed by atoms with Crippen molar-refractivity contribution in [2.75, 3.05) is 18.8 Å². The number of nitrogens with zero attached hydrogens (tertiary/aromatic N) is 1. The summed E-state index contributed by atoms with van der Waals surface area (Å²) in [6.45, 7) is 3.88. The Bertz CT molecular complexity index is 358. The number of benzene rings is 1. The molecule has 3 heteroatoms. The number of rotatable bonds is 2. The summed E-state index contributed by atoms with van der Waals surface area (Å²) in [5.74, 6) is 0.321. The molecule has 1 aliphatic rings. The van der Waals surface area contributed by atoms with Crippen molar-refractivity contribution in [2.45, 2.75) is 19.4 Å². The second-order valence-corrected chi connectivity index (χ2v) is 3.91. The smallest absolute Gasteiger partial charge is 0.155 e. The van der Waals surface area contributed by atoms with Gasteiger partial charge in [0.2, 0.25) is 0 Å². The molecule has 1 aromatic carbocycles. The molecule has 0 saturated carbocycles. The number of hydrogen-bond acceptors (Lipinski definition) is 3. The highest BCUT2D eigenvalue weighted by Crippen LogP contribution is 2.28. The number of anilines is 1. The third-order valence-corrected chi connectivity index (χ3v) is 2.97.